The Morgan fingerprint density at radius 3 is 2.47 bits per heavy atom. The lowest BCUT2D eigenvalue weighted by molar-refractivity contribution is -0.384. The van der Waals surface area contributed by atoms with E-state index in [4.69, 9.17) is 10.4 Å². The molecule has 0 spiro atoms. The van der Waals surface area contributed by atoms with Gasteiger partial charge < -0.3 is 0 Å². The molecule has 0 amide bonds. The number of nitrogens with zero attached hydrogens (tertiary/aromatic N) is 2. The highest BCUT2D eigenvalue weighted by molar-refractivity contribution is 7.30. The number of hydrogen-bond donors (Lipinski definition) is 1. The van der Waals surface area contributed by atoms with Gasteiger partial charge >= 0.3 is 0 Å². The third-order valence-corrected chi connectivity index (χ3v) is 3.56. The number of hydrogen-bond acceptors (Lipinski definition) is 4. The molecule has 0 aliphatic heterocycles. The Labute approximate surface area is 100.0 Å². The molecule has 0 aliphatic carbocycles. The van der Waals surface area contributed by atoms with Gasteiger partial charge in [0.25, 0.3) is 10.6 Å². The summed E-state index contributed by atoms with van der Waals surface area (Å²) in [7, 11) is -0.651. The Balaban J connectivity index is 2.47. The summed E-state index contributed by atoms with van der Waals surface area (Å²) in [5.74, 6) is 0. The van der Waals surface area contributed by atoms with Gasteiger partial charge in [-0.15, -0.1) is 5.14 Å². The van der Waals surface area contributed by atoms with Crippen molar-refractivity contribution in [2.45, 2.75) is 0 Å². The number of nitro groups is 1. The summed E-state index contributed by atoms with van der Waals surface area (Å²) in [5.41, 5.74) is 1.54. The van der Waals surface area contributed by atoms with E-state index in [2.05, 4.69) is 6.07 Å². The highest BCUT2D eigenvalue weighted by Crippen LogP contribution is 2.32. The van der Waals surface area contributed by atoms with Crippen LogP contribution in [0.1, 0.15) is 4.88 Å². The number of nitrogen functional groups attached to an aromatic ring is 1. The molecule has 6 heteroatoms. The first-order chi connectivity index (χ1) is 8.13. The standard InChI is InChI=1S/C11H8N3O2S/c12-7-11-10(5-6-17(11)13)8-1-3-9(4-2-8)14(15)16/h1-6H,13H2/q+1. The van der Waals surface area contributed by atoms with Crippen molar-refractivity contribution in [3.63, 3.8) is 0 Å². The molecule has 5 nitrogen and oxygen atoms in total. The molecule has 0 bridgehead atoms. The second-order valence-electron chi connectivity index (χ2n) is 3.33. The van der Waals surface area contributed by atoms with E-state index in [0.717, 1.165) is 11.1 Å². The number of nitrogens with two attached hydrogens (primary N) is 1. The van der Waals surface area contributed by atoms with Crippen LogP contribution in [0, 0.1) is 21.4 Å². The minimum atomic E-state index is -0.651. The fraction of sp³-hybridized carbons (Fsp3) is 0. The number of rotatable bonds is 2. The summed E-state index contributed by atoms with van der Waals surface area (Å²) in [5, 5.41) is 27.0. The van der Waals surface area contributed by atoms with Crippen molar-refractivity contribution < 1.29 is 4.92 Å². The van der Waals surface area contributed by atoms with Crippen LogP contribution in [0.4, 0.5) is 5.69 Å². The summed E-state index contributed by atoms with van der Waals surface area (Å²) in [6, 6.07) is 9.93. The summed E-state index contributed by atoms with van der Waals surface area (Å²) in [6.45, 7) is 0. The van der Waals surface area contributed by atoms with E-state index in [1.54, 1.807) is 23.6 Å². The highest BCUT2D eigenvalue weighted by atomic mass is 32.2. The Morgan fingerprint density at radius 1 is 1.29 bits per heavy atom. The molecule has 2 N–H and O–H groups in total. The summed E-state index contributed by atoms with van der Waals surface area (Å²) in [6.07, 6.45) is 0. The van der Waals surface area contributed by atoms with Crippen LogP contribution >= 0.6 is 10.7 Å². The monoisotopic (exact) mass is 246 g/mol. The molecule has 2 rings (SSSR count). The van der Waals surface area contributed by atoms with Crippen molar-refractivity contribution >= 4 is 16.3 Å². The van der Waals surface area contributed by atoms with E-state index in [1.165, 1.54) is 12.1 Å². The number of benzene rings is 1. The van der Waals surface area contributed by atoms with Crippen molar-refractivity contribution in [3.8, 4) is 17.2 Å². The molecule has 0 aliphatic rings. The second-order valence-corrected chi connectivity index (χ2v) is 4.76. The van der Waals surface area contributed by atoms with Gasteiger partial charge in [0.2, 0.25) is 0 Å². The van der Waals surface area contributed by atoms with Crippen LogP contribution in [0.2, 0.25) is 0 Å². The van der Waals surface area contributed by atoms with Gasteiger partial charge in [-0.2, -0.15) is 5.26 Å². The first kappa shape index (κ1) is 11.3. The van der Waals surface area contributed by atoms with Crippen LogP contribution < -0.4 is 5.14 Å². The average molecular weight is 246 g/mol. The smallest absolute Gasteiger partial charge is 0.258 e. The lowest BCUT2D eigenvalue weighted by atomic mass is 10.1. The van der Waals surface area contributed by atoms with Crippen molar-refractivity contribution in [1.82, 2.24) is 0 Å². The molecule has 0 fully saturated rings. The fourth-order valence-electron chi connectivity index (χ4n) is 1.51. The third kappa shape index (κ3) is 2.01. The maximum Gasteiger partial charge on any atom is 0.278 e. The maximum absolute atomic E-state index is 10.5. The number of nitriles is 1. The van der Waals surface area contributed by atoms with Crippen LogP contribution in [-0.4, -0.2) is 4.92 Å². The van der Waals surface area contributed by atoms with Gasteiger partial charge in [-0.25, -0.2) is 0 Å². The Bertz CT molecular complexity index is 611. The molecule has 17 heavy (non-hydrogen) atoms. The number of thiophene rings is 1. The van der Waals surface area contributed by atoms with Crippen LogP contribution in [0.15, 0.2) is 35.7 Å². The van der Waals surface area contributed by atoms with Gasteiger partial charge in [-0.05, 0) is 17.7 Å². The first-order valence-corrected chi connectivity index (χ1v) is 6.03. The summed E-state index contributed by atoms with van der Waals surface area (Å²) in [4.78, 5) is 10.6. The van der Waals surface area contributed by atoms with E-state index < -0.39 is 15.6 Å². The molecular formula is C11H8N3O2S+. The van der Waals surface area contributed by atoms with E-state index in [0.29, 0.717) is 4.88 Å². The predicted molar refractivity (Wildman–Crippen MR) is 65.9 cm³/mol. The molecule has 2 aromatic rings. The minimum absolute atomic E-state index is 0.0292. The molecule has 0 radical (unpaired) electrons. The van der Waals surface area contributed by atoms with Crippen molar-refractivity contribution in [2.75, 3.05) is 5.14 Å². The van der Waals surface area contributed by atoms with Crippen LogP contribution in [0.5, 0.6) is 0 Å². The summed E-state index contributed by atoms with van der Waals surface area (Å²) < 4.78 is 0. The van der Waals surface area contributed by atoms with E-state index in [1.807, 2.05) is 0 Å². The van der Waals surface area contributed by atoms with Gasteiger partial charge in [0.1, 0.15) is 0 Å². The lowest BCUT2D eigenvalue weighted by Gasteiger charge is -1.96. The second kappa shape index (κ2) is 4.33. The Kier molecular flexibility index (Phi) is 2.87. The van der Waals surface area contributed by atoms with Gasteiger partial charge in [0.05, 0.1) is 21.1 Å². The molecular weight excluding hydrogens is 238 g/mol. The third-order valence-electron chi connectivity index (χ3n) is 2.35. The van der Waals surface area contributed by atoms with Crippen molar-refractivity contribution in [1.29, 1.82) is 5.26 Å². The first-order valence-electron chi connectivity index (χ1n) is 4.68. The molecule has 1 unspecified atom stereocenters. The molecule has 1 heterocycles. The zero-order chi connectivity index (χ0) is 12.4. The zero-order valence-corrected chi connectivity index (χ0v) is 9.48. The van der Waals surface area contributed by atoms with Gasteiger partial charge in [0.15, 0.2) is 11.4 Å². The van der Waals surface area contributed by atoms with E-state index in [9.17, 15) is 10.1 Å². The molecule has 0 saturated heterocycles. The van der Waals surface area contributed by atoms with E-state index in [-0.39, 0.29) is 5.69 Å². The van der Waals surface area contributed by atoms with Gasteiger partial charge in [-0.3, -0.25) is 10.1 Å². The Morgan fingerprint density at radius 2 is 1.94 bits per heavy atom. The molecule has 0 saturated carbocycles. The summed E-state index contributed by atoms with van der Waals surface area (Å²) >= 11 is 0. The molecule has 1 aromatic carbocycles. The van der Waals surface area contributed by atoms with Crippen LogP contribution in [0.25, 0.3) is 11.1 Å². The molecule has 1 atom stereocenters. The largest absolute Gasteiger partial charge is 0.278 e. The van der Waals surface area contributed by atoms with Crippen LogP contribution in [0.3, 0.4) is 0 Å². The average Bonchev–Trinajstić information content (AvgIpc) is 2.70. The van der Waals surface area contributed by atoms with Crippen LogP contribution in [-0.2, 0) is 0 Å². The number of nitro benzene ring substituents is 1. The topological polar surface area (TPSA) is 92.9 Å². The predicted octanol–water partition coefficient (Wildman–Crippen LogP) is 2.60. The SMILES string of the molecule is N#Cc1c(-c2ccc([N+](=O)[O-])cc2)cc[s+]1N. The van der Waals surface area contributed by atoms with Crippen molar-refractivity contribution in [2.24, 2.45) is 0 Å². The quantitative estimate of drug-likeness (QED) is 0.500. The Hall–Kier alpha value is -2.23. The lowest BCUT2D eigenvalue weighted by Crippen LogP contribution is -1.87. The molecule has 1 aromatic heterocycles. The fourth-order valence-corrected chi connectivity index (χ4v) is 2.48. The van der Waals surface area contributed by atoms with E-state index >= 15 is 0 Å². The minimum Gasteiger partial charge on any atom is -0.258 e. The number of non-ortho nitro benzene ring substituents is 1. The normalized spacial score (nSPS) is 10.9. The highest BCUT2D eigenvalue weighted by Gasteiger charge is 2.18. The van der Waals surface area contributed by atoms with Gasteiger partial charge in [-0.1, -0.05) is 0 Å². The van der Waals surface area contributed by atoms with Gasteiger partial charge in [0, 0.05) is 18.2 Å². The molecule has 84 valence electrons. The van der Waals surface area contributed by atoms with Crippen molar-refractivity contribution in [3.05, 3.63) is 50.7 Å². The maximum atomic E-state index is 10.5. The zero-order valence-electron chi connectivity index (χ0n) is 8.66.